The molecular formula is C9H16F3NO5S. The fraction of sp³-hybridized carbons (Fsp3) is 0.889. The van der Waals surface area contributed by atoms with Crippen LogP contribution in [0.3, 0.4) is 0 Å². The van der Waals surface area contributed by atoms with Crippen LogP contribution in [0.25, 0.3) is 0 Å². The Kier molecular flexibility index (Phi) is 5.63. The molecule has 0 saturated heterocycles. The van der Waals surface area contributed by atoms with Crippen molar-refractivity contribution in [2.24, 2.45) is 0 Å². The van der Waals surface area contributed by atoms with Crippen molar-refractivity contribution in [3.63, 3.8) is 0 Å². The molecule has 0 aromatic rings. The van der Waals surface area contributed by atoms with Crippen molar-refractivity contribution in [2.45, 2.75) is 38.6 Å². The summed E-state index contributed by atoms with van der Waals surface area (Å²) in [7, 11) is -4.04. The van der Waals surface area contributed by atoms with Crippen LogP contribution in [0.15, 0.2) is 0 Å². The molecule has 0 aliphatic carbocycles. The standard InChI is InChI=1S/C9H16F3NO5S/c1-8(2,3)18-7(14)13-6(9(10,11)12)5-17-19(4,15)16/h6H,5H2,1-4H3,(H,13,14). The van der Waals surface area contributed by atoms with Crippen molar-refractivity contribution in [2.75, 3.05) is 12.9 Å². The minimum Gasteiger partial charge on any atom is -0.444 e. The monoisotopic (exact) mass is 307 g/mol. The molecule has 0 aromatic carbocycles. The van der Waals surface area contributed by atoms with Gasteiger partial charge >= 0.3 is 12.3 Å². The van der Waals surface area contributed by atoms with Crippen molar-refractivity contribution in [1.82, 2.24) is 5.32 Å². The molecule has 0 saturated carbocycles. The summed E-state index contributed by atoms with van der Waals surface area (Å²) in [5.74, 6) is 0. The van der Waals surface area contributed by atoms with Crippen LogP contribution in [0.4, 0.5) is 18.0 Å². The fourth-order valence-corrected chi connectivity index (χ4v) is 1.24. The number of carbonyl (C=O) groups is 1. The van der Waals surface area contributed by atoms with Gasteiger partial charge in [-0.15, -0.1) is 0 Å². The Morgan fingerprint density at radius 2 is 1.74 bits per heavy atom. The molecule has 0 heterocycles. The zero-order valence-electron chi connectivity index (χ0n) is 10.9. The molecule has 1 atom stereocenters. The summed E-state index contributed by atoms with van der Waals surface area (Å²) in [5, 5.41) is 1.51. The zero-order chi connectivity index (χ0) is 15.5. The number of amides is 1. The first kappa shape index (κ1) is 18.0. The molecular weight excluding hydrogens is 291 g/mol. The Hall–Kier alpha value is -1.03. The highest BCUT2D eigenvalue weighted by molar-refractivity contribution is 7.85. The smallest absolute Gasteiger partial charge is 0.411 e. The van der Waals surface area contributed by atoms with Crippen molar-refractivity contribution in [1.29, 1.82) is 0 Å². The van der Waals surface area contributed by atoms with Gasteiger partial charge in [0, 0.05) is 0 Å². The van der Waals surface area contributed by atoms with E-state index in [1.165, 1.54) is 26.1 Å². The molecule has 0 aliphatic heterocycles. The number of rotatable bonds is 4. The summed E-state index contributed by atoms with van der Waals surface area (Å²) in [5.41, 5.74) is -0.974. The predicted octanol–water partition coefficient (Wildman–Crippen LogP) is 1.42. The Balaban J connectivity index is 4.67. The van der Waals surface area contributed by atoms with Crippen LogP contribution in [0.5, 0.6) is 0 Å². The van der Waals surface area contributed by atoms with Gasteiger partial charge in [-0.2, -0.15) is 21.6 Å². The normalized spacial score (nSPS) is 14.9. The highest BCUT2D eigenvalue weighted by Crippen LogP contribution is 2.21. The molecule has 0 fully saturated rings. The van der Waals surface area contributed by atoms with E-state index in [0.29, 0.717) is 6.26 Å². The van der Waals surface area contributed by atoms with Crippen molar-refractivity contribution >= 4 is 16.2 Å². The molecule has 10 heteroatoms. The number of alkyl carbamates (subject to hydrolysis) is 1. The molecule has 1 amide bonds. The molecule has 19 heavy (non-hydrogen) atoms. The molecule has 6 nitrogen and oxygen atoms in total. The van der Waals surface area contributed by atoms with Gasteiger partial charge in [0.2, 0.25) is 0 Å². The van der Waals surface area contributed by atoms with Gasteiger partial charge in [-0.05, 0) is 20.8 Å². The topological polar surface area (TPSA) is 81.7 Å². The summed E-state index contributed by atoms with van der Waals surface area (Å²) in [6.07, 6.45) is -5.57. The molecule has 0 aliphatic rings. The third kappa shape index (κ3) is 9.54. The molecule has 0 bridgehead atoms. The third-order valence-corrected chi connectivity index (χ3v) is 2.10. The number of halogens is 3. The zero-order valence-corrected chi connectivity index (χ0v) is 11.7. The number of hydrogen-bond donors (Lipinski definition) is 1. The summed E-state index contributed by atoms with van der Waals surface area (Å²) in [4.78, 5) is 11.2. The van der Waals surface area contributed by atoms with E-state index in [1.54, 1.807) is 0 Å². The number of carbonyl (C=O) groups excluding carboxylic acids is 1. The maximum atomic E-state index is 12.5. The Labute approximate surface area is 109 Å². The molecule has 114 valence electrons. The average molecular weight is 307 g/mol. The van der Waals surface area contributed by atoms with E-state index in [0.717, 1.165) is 0 Å². The molecule has 1 N–H and O–H groups in total. The van der Waals surface area contributed by atoms with Crippen LogP contribution in [0.2, 0.25) is 0 Å². The largest absolute Gasteiger partial charge is 0.444 e. The molecule has 0 rings (SSSR count). The quantitative estimate of drug-likeness (QED) is 0.794. The first-order valence-corrected chi connectivity index (χ1v) is 6.93. The van der Waals surface area contributed by atoms with Gasteiger partial charge in [0.05, 0.1) is 12.9 Å². The second-order valence-electron chi connectivity index (χ2n) is 4.73. The summed E-state index contributed by atoms with van der Waals surface area (Å²) >= 11 is 0. The number of nitrogens with one attached hydrogen (secondary N) is 1. The molecule has 0 spiro atoms. The fourth-order valence-electron chi connectivity index (χ4n) is 0.859. The van der Waals surface area contributed by atoms with Crippen LogP contribution < -0.4 is 5.32 Å². The summed E-state index contributed by atoms with van der Waals surface area (Å²) in [6.45, 7) is 3.17. The highest BCUT2D eigenvalue weighted by atomic mass is 32.2. The number of alkyl halides is 3. The minimum absolute atomic E-state index is 0.605. The van der Waals surface area contributed by atoms with E-state index in [2.05, 4.69) is 8.92 Å². The van der Waals surface area contributed by atoms with Crippen molar-refractivity contribution in [3.8, 4) is 0 Å². The van der Waals surface area contributed by atoms with Gasteiger partial charge in [-0.1, -0.05) is 0 Å². The average Bonchev–Trinajstić information content (AvgIpc) is 2.05. The maximum Gasteiger partial charge on any atom is 0.411 e. The van der Waals surface area contributed by atoms with Crippen LogP contribution in [-0.4, -0.2) is 45.2 Å². The number of hydrogen-bond acceptors (Lipinski definition) is 5. The van der Waals surface area contributed by atoms with Gasteiger partial charge in [0.15, 0.2) is 6.04 Å². The van der Waals surface area contributed by atoms with Crippen LogP contribution in [-0.2, 0) is 19.0 Å². The Morgan fingerprint density at radius 3 is 2.05 bits per heavy atom. The van der Waals surface area contributed by atoms with E-state index in [1.807, 2.05) is 0 Å². The third-order valence-electron chi connectivity index (χ3n) is 1.53. The number of ether oxygens (including phenoxy) is 1. The maximum absolute atomic E-state index is 12.5. The van der Waals surface area contributed by atoms with E-state index in [9.17, 15) is 26.4 Å². The van der Waals surface area contributed by atoms with Crippen LogP contribution >= 0.6 is 0 Å². The van der Waals surface area contributed by atoms with Gasteiger partial charge in [0.1, 0.15) is 5.60 Å². The van der Waals surface area contributed by atoms with Gasteiger partial charge in [0.25, 0.3) is 10.1 Å². The summed E-state index contributed by atoms with van der Waals surface area (Å²) < 4.78 is 67.6. The highest BCUT2D eigenvalue weighted by Gasteiger charge is 2.42. The van der Waals surface area contributed by atoms with Gasteiger partial charge < -0.3 is 10.1 Å². The van der Waals surface area contributed by atoms with E-state index >= 15 is 0 Å². The van der Waals surface area contributed by atoms with E-state index in [4.69, 9.17) is 0 Å². The molecule has 0 aromatic heterocycles. The lowest BCUT2D eigenvalue weighted by atomic mass is 10.2. The molecule has 0 radical (unpaired) electrons. The Bertz CT molecular complexity index is 413. The lowest BCUT2D eigenvalue weighted by molar-refractivity contribution is -0.160. The minimum atomic E-state index is -4.86. The lowest BCUT2D eigenvalue weighted by Crippen LogP contribution is -2.50. The van der Waals surface area contributed by atoms with E-state index in [-0.39, 0.29) is 0 Å². The SMILES string of the molecule is CC(C)(C)OC(=O)NC(COS(C)(=O)=O)C(F)(F)F. The first-order chi connectivity index (χ1) is 8.21. The predicted molar refractivity (Wildman–Crippen MR) is 60.0 cm³/mol. The van der Waals surface area contributed by atoms with E-state index < -0.39 is 40.6 Å². The second kappa shape index (κ2) is 5.95. The Morgan fingerprint density at radius 1 is 1.26 bits per heavy atom. The first-order valence-electron chi connectivity index (χ1n) is 5.11. The van der Waals surface area contributed by atoms with Crippen LogP contribution in [0.1, 0.15) is 20.8 Å². The summed E-state index contributed by atoms with van der Waals surface area (Å²) in [6, 6.07) is -2.47. The van der Waals surface area contributed by atoms with Crippen LogP contribution in [0, 0.1) is 0 Å². The van der Waals surface area contributed by atoms with Gasteiger partial charge in [-0.25, -0.2) is 4.79 Å². The lowest BCUT2D eigenvalue weighted by Gasteiger charge is -2.24. The van der Waals surface area contributed by atoms with Crippen molar-refractivity contribution in [3.05, 3.63) is 0 Å². The molecule has 1 unspecified atom stereocenters. The second-order valence-corrected chi connectivity index (χ2v) is 6.37. The van der Waals surface area contributed by atoms with Gasteiger partial charge in [-0.3, -0.25) is 4.18 Å². The van der Waals surface area contributed by atoms with Crippen molar-refractivity contribution < 1.29 is 35.3 Å².